The van der Waals surface area contributed by atoms with Crippen molar-refractivity contribution in [3.8, 4) is 11.1 Å². The number of nitrogens with two attached hydrogens (primary N) is 1. The number of urea groups is 1. The monoisotopic (exact) mass is 389 g/mol. The molecule has 28 heavy (non-hydrogen) atoms. The van der Waals surface area contributed by atoms with Gasteiger partial charge in [-0.3, -0.25) is 0 Å². The van der Waals surface area contributed by atoms with Crippen LogP contribution in [0.1, 0.15) is 23.1 Å². The number of anilines is 2. The van der Waals surface area contributed by atoms with Gasteiger partial charge in [-0.2, -0.15) is 0 Å². The van der Waals surface area contributed by atoms with Crippen molar-refractivity contribution >= 4 is 30.2 Å². The zero-order valence-corrected chi connectivity index (χ0v) is 16.5. The van der Waals surface area contributed by atoms with Crippen molar-refractivity contribution in [1.82, 2.24) is 0 Å². The Bertz CT molecular complexity index is 1000. The van der Waals surface area contributed by atoms with E-state index < -0.39 is 6.03 Å². The number of fused-ring (bicyclic) bond motifs is 3. The summed E-state index contributed by atoms with van der Waals surface area (Å²) in [5, 5.41) is 3.53. The molecule has 4 rings (SSSR count). The summed E-state index contributed by atoms with van der Waals surface area (Å²) in [4.78, 5) is 11.3. The number of carbonyl (C=O) groups is 1. The SMILES string of the molecule is NC(=O)N(S)c1ccc2c(c1)Cc1cc(NCCCc3ccccc3)ccc1-2. The summed E-state index contributed by atoms with van der Waals surface area (Å²) in [6.45, 7) is 0.942. The van der Waals surface area contributed by atoms with E-state index in [0.29, 0.717) is 5.69 Å². The van der Waals surface area contributed by atoms with Crippen LogP contribution in [0.25, 0.3) is 11.1 Å². The number of nitrogens with zero attached hydrogens (tertiary/aromatic N) is 1. The number of nitrogens with one attached hydrogen (secondary N) is 1. The molecule has 0 saturated carbocycles. The number of aryl methyl sites for hydroxylation is 1. The lowest BCUT2D eigenvalue weighted by Gasteiger charge is -2.13. The minimum Gasteiger partial charge on any atom is -0.385 e. The summed E-state index contributed by atoms with van der Waals surface area (Å²) < 4.78 is 1.17. The van der Waals surface area contributed by atoms with Crippen molar-refractivity contribution in [3.05, 3.63) is 83.4 Å². The van der Waals surface area contributed by atoms with E-state index in [1.54, 1.807) is 0 Å². The largest absolute Gasteiger partial charge is 0.385 e. The Kier molecular flexibility index (Phi) is 5.26. The molecule has 5 heteroatoms. The predicted octanol–water partition coefficient (Wildman–Crippen LogP) is 5.03. The third-order valence-corrected chi connectivity index (χ3v) is 5.56. The van der Waals surface area contributed by atoms with Crippen molar-refractivity contribution in [1.29, 1.82) is 0 Å². The molecule has 2 amide bonds. The van der Waals surface area contributed by atoms with Crippen LogP contribution in [-0.4, -0.2) is 12.6 Å². The van der Waals surface area contributed by atoms with Gasteiger partial charge in [0.1, 0.15) is 0 Å². The first-order valence-corrected chi connectivity index (χ1v) is 9.84. The highest BCUT2D eigenvalue weighted by Crippen LogP contribution is 2.39. The van der Waals surface area contributed by atoms with Crippen LogP contribution < -0.4 is 15.4 Å². The van der Waals surface area contributed by atoms with Gasteiger partial charge in [-0.1, -0.05) is 55.3 Å². The molecule has 1 aliphatic carbocycles. The molecule has 3 aromatic carbocycles. The predicted molar refractivity (Wildman–Crippen MR) is 119 cm³/mol. The fourth-order valence-electron chi connectivity index (χ4n) is 3.74. The first-order valence-electron chi connectivity index (χ1n) is 9.44. The van der Waals surface area contributed by atoms with E-state index >= 15 is 0 Å². The van der Waals surface area contributed by atoms with Crippen LogP contribution in [0.15, 0.2) is 66.7 Å². The third-order valence-electron chi connectivity index (χ3n) is 5.13. The second kappa shape index (κ2) is 7.98. The van der Waals surface area contributed by atoms with Gasteiger partial charge in [-0.05, 0) is 71.3 Å². The van der Waals surface area contributed by atoms with Crippen LogP contribution in [0, 0.1) is 0 Å². The smallest absolute Gasteiger partial charge is 0.329 e. The van der Waals surface area contributed by atoms with Crippen molar-refractivity contribution in [2.75, 3.05) is 16.2 Å². The number of carbonyl (C=O) groups excluding carboxylic acids is 1. The van der Waals surface area contributed by atoms with E-state index in [0.717, 1.165) is 31.5 Å². The molecule has 0 aliphatic heterocycles. The molecule has 1 aliphatic rings. The molecule has 3 N–H and O–H groups in total. The van der Waals surface area contributed by atoms with Crippen LogP contribution in [0.2, 0.25) is 0 Å². The van der Waals surface area contributed by atoms with Crippen LogP contribution in [0.4, 0.5) is 16.2 Å². The van der Waals surface area contributed by atoms with E-state index in [-0.39, 0.29) is 0 Å². The highest BCUT2D eigenvalue weighted by Gasteiger charge is 2.20. The normalized spacial score (nSPS) is 11.6. The Labute approximate surface area is 170 Å². The molecular weight excluding hydrogens is 366 g/mol. The molecule has 3 aromatic rings. The maximum atomic E-state index is 11.3. The molecule has 0 unspecified atom stereocenters. The minimum absolute atomic E-state index is 0.583. The van der Waals surface area contributed by atoms with Crippen molar-refractivity contribution in [2.45, 2.75) is 19.3 Å². The Morgan fingerprint density at radius 2 is 1.71 bits per heavy atom. The maximum absolute atomic E-state index is 11.3. The number of hydrogen-bond donors (Lipinski definition) is 3. The summed E-state index contributed by atoms with van der Waals surface area (Å²) >= 11 is 4.16. The first-order chi connectivity index (χ1) is 13.6. The van der Waals surface area contributed by atoms with Crippen molar-refractivity contribution in [2.24, 2.45) is 5.73 Å². The van der Waals surface area contributed by atoms with Crippen LogP contribution in [0.3, 0.4) is 0 Å². The zero-order chi connectivity index (χ0) is 19.5. The molecule has 0 heterocycles. The number of rotatable bonds is 6. The Balaban J connectivity index is 1.40. The fraction of sp³-hybridized carbons (Fsp3) is 0.174. The molecule has 0 aromatic heterocycles. The van der Waals surface area contributed by atoms with Crippen LogP contribution >= 0.6 is 12.8 Å². The molecular formula is C23H23N3OS. The third kappa shape index (κ3) is 3.85. The Morgan fingerprint density at radius 3 is 2.46 bits per heavy atom. The maximum Gasteiger partial charge on any atom is 0.329 e. The summed E-state index contributed by atoms with van der Waals surface area (Å²) in [6, 6.07) is 22.4. The second-order valence-electron chi connectivity index (χ2n) is 7.06. The average Bonchev–Trinajstić information content (AvgIpc) is 3.08. The molecule has 142 valence electrons. The van der Waals surface area contributed by atoms with Gasteiger partial charge >= 0.3 is 6.03 Å². The van der Waals surface area contributed by atoms with Gasteiger partial charge in [-0.15, -0.1) is 0 Å². The number of primary amides is 1. The summed E-state index contributed by atoms with van der Waals surface area (Å²) in [5.74, 6) is 0. The molecule has 0 fully saturated rings. The standard InChI is InChI=1S/C23H23N3OS/c24-23(27)26(28)20-9-11-22-18(15-20)13-17-14-19(8-10-21(17)22)25-12-4-7-16-5-2-1-3-6-16/h1-3,5-6,8-11,14-15,25,28H,4,7,12-13H2,(H2,24,27). The van der Waals surface area contributed by atoms with Crippen molar-refractivity contribution in [3.63, 3.8) is 0 Å². The molecule has 0 saturated heterocycles. The number of amides is 2. The van der Waals surface area contributed by atoms with E-state index in [9.17, 15) is 4.79 Å². The average molecular weight is 390 g/mol. The van der Waals surface area contributed by atoms with E-state index in [1.165, 1.54) is 32.1 Å². The second-order valence-corrected chi connectivity index (χ2v) is 7.46. The lowest BCUT2D eigenvalue weighted by atomic mass is 10.0. The summed E-state index contributed by atoms with van der Waals surface area (Å²) in [5.41, 5.74) is 13.5. The molecule has 0 radical (unpaired) electrons. The number of thiol groups is 1. The first kappa shape index (κ1) is 18.4. The molecule has 0 bridgehead atoms. The highest BCUT2D eigenvalue weighted by molar-refractivity contribution is 7.82. The number of benzene rings is 3. The van der Waals surface area contributed by atoms with E-state index in [4.69, 9.17) is 5.73 Å². The van der Waals surface area contributed by atoms with Crippen molar-refractivity contribution < 1.29 is 4.79 Å². The lowest BCUT2D eigenvalue weighted by Crippen LogP contribution is -2.27. The Hall–Kier alpha value is -2.92. The summed E-state index contributed by atoms with van der Waals surface area (Å²) in [6.07, 6.45) is 3.01. The summed E-state index contributed by atoms with van der Waals surface area (Å²) in [7, 11) is 0. The topological polar surface area (TPSA) is 58.4 Å². The lowest BCUT2D eigenvalue weighted by molar-refractivity contribution is 0.257. The number of hydrogen-bond acceptors (Lipinski definition) is 3. The van der Waals surface area contributed by atoms with Crippen LogP contribution in [-0.2, 0) is 12.8 Å². The van der Waals surface area contributed by atoms with E-state index in [1.807, 2.05) is 18.2 Å². The quantitative estimate of drug-likeness (QED) is 0.320. The molecule has 0 spiro atoms. The minimum atomic E-state index is -0.583. The van der Waals surface area contributed by atoms with Gasteiger partial charge in [0, 0.05) is 12.2 Å². The van der Waals surface area contributed by atoms with Gasteiger partial charge in [-0.25, -0.2) is 9.10 Å². The van der Waals surface area contributed by atoms with Gasteiger partial charge in [0.2, 0.25) is 0 Å². The van der Waals surface area contributed by atoms with Gasteiger partial charge in [0.15, 0.2) is 0 Å². The molecule has 4 nitrogen and oxygen atoms in total. The zero-order valence-electron chi connectivity index (χ0n) is 15.6. The van der Waals surface area contributed by atoms with Gasteiger partial charge in [0.25, 0.3) is 0 Å². The van der Waals surface area contributed by atoms with Gasteiger partial charge in [0.05, 0.1) is 5.69 Å². The Morgan fingerprint density at radius 1 is 1.00 bits per heavy atom. The van der Waals surface area contributed by atoms with E-state index in [2.05, 4.69) is 66.7 Å². The van der Waals surface area contributed by atoms with Gasteiger partial charge < -0.3 is 11.1 Å². The fourth-order valence-corrected chi connectivity index (χ4v) is 3.86. The van der Waals surface area contributed by atoms with Crippen LogP contribution in [0.5, 0.6) is 0 Å². The molecule has 0 atom stereocenters. The highest BCUT2D eigenvalue weighted by atomic mass is 32.1.